The van der Waals surface area contributed by atoms with Gasteiger partial charge in [-0.05, 0) is 12.8 Å². The summed E-state index contributed by atoms with van der Waals surface area (Å²) >= 11 is 0. The molecule has 0 spiro atoms. The maximum atomic E-state index is 11.6. The third-order valence-electron chi connectivity index (χ3n) is 3.14. The van der Waals surface area contributed by atoms with E-state index in [0.29, 0.717) is 6.54 Å². The van der Waals surface area contributed by atoms with Crippen molar-refractivity contribution in [3.05, 3.63) is 0 Å². The lowest BCUT2D eigenvalue weighted by atomic mass is 9.89. The van der Waals surface area contributed by atoms with E-state index in [1.807, 2.05) is 13.8 Å². The first-order valence-electron chi connectivity index (χ1n) is 5.60. The van der Waals surface area contributed by atoms with Crippen LogP contribution in [0.5, 0.6) is 0 Å². The maximum absolute atomic E-state index is 11.6. The topological polar surface area (TPSA) is 69.6 Å². The first kappa shape index (κ1) is 15.8. The molecule has 6 heteroatoms. The summed E-state index contributed by atoms with van der Waals surface area (Å²) in [6, 6.07) is 0. The Morgan fingerprint density at radius 1 is 1.44 bits per heavy atom. The average Bonchev–Trinajstić information content (AvgIpc) is 2.24. The van der Waals surface area contributed by atoms with Gasteiger partial charge in [0.1, 0.15) is 0 Å². The van der Waals surface area contributed by atoms with E-state index in [1.165, 1.54) is 11.4 Å². The van der Waals surface area contributed by atoms with Crippen molar-refractivity contribution in [1.82, 2.24) is 9.03 Å². The second-order valence-electron chi connectivity index (χ2n) is 4.41. The van der Waals surface area contributed by atoms with E-state index in [-0.39, 0.29) is 12.5 Å². The van der Waals surface area contributed by atoms with E-state index >= 15 is 0 Å². The normalized spacial score (nSPS) is 18.4. The van der Waals surface area contributed by atoms with Gasteiger partial charge in [0, 0.05) is 20.1 Å². The third kappa shape index (κ3) is 4.37. The molecule has 0 rings (SSSR count). The minimum absolute atomic E-state index is 0.0364. The highest BCUT2D eigenvalue weighted by Gasteiger charge is 2.29. The van der Waals surface area contributed by atoms with Crippen molar-refractivity contribution in [2.24, 2.45) is 5.92 Å². The molecule has 0 bridgehead atoms. The van der Waals surface area contributed by atoms with Gasteiger partial charge in [0.25, 0.3) is 10.2 Å². The molecule has 2 atom stereocenters. The molecule has 2 N–H and O–H groups in total. The number of rotatable bonds is 7. The Morgan fingerprint density at radius 2 is 1.94 bits per heavy atom. The van der Waals surface area contributed by atoms with Crippen LogP contribution >= 0.6 is 0 Å². The van der Waals surface area contributed by atoms with Crippen LogP contribution in [0.25, 0.3) is 0 Å². The zero-order valence-corrected chi connectivity index (χ0v) is 11.6. The summed E-state index contributed by atoms with van der Waals surface area (Å²) < 4.78 is 26.9. The largest absolute Gasteiger partial charge is 0.389 e. The minimum Gasteiger partial charge on any atom is -0.389 e. The van der Waals surface area contributed by atoms with Crippen LogP contribution in [0.15, 0.2) is 0 Å². The van der Waals surface area contributed by atoms with Crippen LogP contribution in [0, 0.1) is 5.92 Å². The number of hydrogen-bond acceptors (Lipinski definition) is 3. The van der Waals surface area contributed by atoms with Gasteiger partial charge in [-0.25, -0.2) is 0 Å². The predicted octanol–water partition coefficient (Wildman–Crippen LogP) is 0.570. The van der Waals surface area contributed by atoms with Crippen molar-refractivity contribution in [3.8, 4) is 0 Å². The van der Waals surface area contributed by atoms with Gasteiger partial charge in [-0.1, -0.05) is 27.2 Å². The molecule has 5 nitrogen and oxygen atoms in total. The third-order valence-corrected chi connectivity index (χ3v) is 4.73. The molecule has 0 aromatic heterocycles. The van der Waals surface area contributed by atoms with E-state index < -0.39 is 15.8 Å². The minimum atomic E-state index is -3.46. The first-order valence-corrected chi connectivity index (χ1v) is 7.04. The molecular formula is C10H24N2O3S. The van der Waals surface area contributed by atoms with Gasteiger partial charge in [0.15, 0.2) is 0 Å². The van der Waals surface area contributed by atoms with Crippen LogP contribution in [0.3, 0.4) is 0 Å². The summed E-state index contributed by atoms with van der Waals surface area (Å²) in [5.74, 6) is 0.0436. The van der Waals surface area contributed by atoms with Gasteiger partial charge in [0.2, 0.25) is 0 Å². The molecule has 0 aliphatic rings. The molecule has 16 heavy (non-hydrogen) atoms. The van der Waals surface area contributed by atoms with Gasteiger partial charge in [-0.2, -0.15) is 17.4 Å². The van der Waals surface area contributed by atoms with Crippen molar-refractivity contribution in [1.29, 1.82) is 0 Å². The van der Waals surface area contributed by atoms with E-state index in [9.17, 15) is 13.5 Å². The van der Waals surface area contributed by atoms with Crippen molar-refractivity contribution in [3.63, 3.8) is 0 Å². The average molecular weight is 252 g/mol. The van der Waals surface area contributed by atoms with Gasteiger partial charge in [-0.3, -0.25) is 0 Å². The van der Waals surface area contributed by atoms with Crippen molar-refractivity contribution in [2.45, 2.75) is 39.7 Å². The Kier molecular flexibility index (Phi) is 5.89. The number of hydrogen-bond donors (Lipinski definition) is 2. The quantitative estimate of drug-likeness (QED) is 0.696. The first-order chi connectivity index (χ1) is 7.17. The number of aliphatic hydroxyl groups is 1. The number of nitrogens with zero attached hydrogens (tertiary/aromatic N) is 1. The molecule has 0 aliphatic carbocycles. The van der Waals surface area contributed by atoms with Gasteiger partial charge >= 0.3 is 0 Å². The smallest absolute Gasteiger partial charge is 0.279 e. The van der Waals surface area contributed by atoms with Gasteiger partial charge in [0.05, 0.1) is 5.60 Å². The molecule has 0 amide bonds. The summed E-state index contributed by atoms with van der Waals surface area (Å²) in [5.41, 5.74) is -1.02. The van der Waals surface area contributed by atoms with E-state index in [0.717, 1.165) is 6.42 Å². The molecule has 0 aromatic rings. The van der Waals surface area contributed by atoms with Crippen molar-refractivity contribution in [2.75, 3.05) is 20.1 Å². The molecule has 0 aromatic carbocycles. The highest BCUT2D eigenvalue weighted by molar-refractivity contribution is 7.87. The Labute approximate surface area is 99.0 Å². The predicted molar refractivity (Wildman–Crippen MR) is 65.3 cm³/mol. The van der Waals surface area contributed by atoms with Crippen LogP contribution in [0.1, 0.15) is 34.1 Å². The fourth-order valence-electron chi connectivity index (χ4n) is 1.13. The van der Waals surface area contributed by atoms with Crippen LogP contribution in [0.4, 0.5) is 0 Å². The fraction of sp³-hybridized carbons (Fsp3) is 1.00. The molecule has 0 radical (unpaired) electrons. The van der Waals surface area contributed by atoms with E-state index in [2.05, 4.69) is 4.72 Å². The van der Waals surface area contributed by atoms with Crippen molar-refractivity contribution >= 4 is 10.2 Å². The Morgan fingerprint density at radius 3 is 2.31 bits per heavy atom. The molecule has 0 saturated carbocycles. The lowest BCUT2D eigenvalue weighted by molar-refractivity contribution is 0.00993. The second-order valence-corrected chi connectivity index (χ2v) is 6.27. The lowest BCUT2D eigenvalue weighted by Crippen LogP contribution is -2.48. The summed E-state index contributed by atoms with van der Waals surface area (Å²) in [6.45, 7) is 7.71. The molecule has 2 unspecified atom stereocenters. The molecule has 0 saturated heterocycles. The summed E-state index contributed by atoms with van der Waals surface area (Å²) in [6.07, 6.45) is 0.804. The highest BCUT2D eigenvalue weighted by Crippen LogP contribution is 2.19. The van der Waals surface area contributed by atoms with E-state index in [1.54, 1.807) is 13.8 Å². The zero-order chi connectivity index (χ0) is 13.0. The fourth-order valence-corrected chi connectivity index (χ4v) is 2.17. The number of nitrogens with one attached hydrogen (secondary N) is 1. The zero-order valence-electron chi connectivity index (χ0n) is 10.8. The highest BCUT2D eigenvalue weighted by atomic mass is 32.2. The monoisotopic (exact) mass is 252 g/mol. The summed E-state index contributed by atoms with van der Waals surface area (Å²) in [7, 11) is -1.96. The lowest BCUT2D eigenvalue weighted by Gasteiger charge is -2.30. The molecule has 0 heterocycles. The molecular weight excluding hydrogens is 228 g/mol. The summed E-state index contributed by atoms with van der Waals surface area (Å²) in [5, 5.41) is 10.1. The Bertz CT molecular complexity index is 301. The van der Waals surface area contributed by atoms with Crippen LogP contribution < -0.4 is 4.72 Å². The van der Waals surface area contributed by atoms with Crippen LogP contribution in [-0.4, -0.2) is 43.6 Å². The second kappa shape index (κ2) is 5.95. The Hall–Kier alpha value is -0.170. The maximum Gasteiger partial charge on any atom is 0.279 e. The molecule has 0 fully saturated rings. The van der Waals surface area contributed by atoms with Gasteiger partial charge in [-0.15, -0.1) is 0 Å². The van der Waals surface area contributed by atoms with Crippen LogP contribution in [0.2, 0.25) is 0 Å². The van der Waals surface area contributed by atoms with Crippen molar-refractivity contribution < 1.29 is 13.5 Å². The van der Waals surface area contributed by atoms with Gasteiger partial charge < -0.3 is 5.11 Å². The van der Waals surface area contributed by atoms with Crippen LogP contribution in [-0.2, 0) is 10.2 Å². The Balaban J connectivity index is 4.45. The SMILES string of the molecule is CCC(C)C(C)(O)CNS(=O)(=O)N(C)CC. The molecule has 0 aliphatic heterocycles. The summed E-state index contributed by atoms with van der Waals surface area (Å²) in [4.78, 5) is 0. The van der Waals surface area contributed by atoms with E-state index in [4.69, 9.17) is 0 Å². The standard InChI is InChI=1S/C10H24N2O3S/c1-6-9(3)10(4,13)8-11-16(14,15)12(5)7-2/h9,11,13H,6-8H2,1-5H3. The molecule has 98 valence electrons.